The van der Waals surface area contributed by atoms with Crippen LogP contribution in [-0.4, -0.2) is 47.2 Å². The predicted octanol–water partition coefficient (Wildman–Crippen LogP) is 3.72. The summed E-state index contributed by atoms with van der Waals surface area (Å²) in [7, 11) is 0. The minimum absolute atomic E-state index is 0.0805. The fraction of sp³-hybridized carbons (Fsp3) is 0.182. The number of carbonyl (C=O) groups is 4. The van der Waals surface area contributed by atoms with Gasteiger partial charge in [0.15, 0.2) is 0 Å². The Kier molecular flexibility index (Phi) is 10.3. The van der Waals surface area contributed by atoms with Gasteiger partial charge in [-0.25, -0.2) is 14.4 Å². The molecule has 3 rings (SSSR count). The van der Waals surface area contributed by atoms with E-state index < -0.39 is 17.9 Å². The molecule has 1 amide bonds. The Hall–Kier alpha value is -3.67. The zero-order chi connectivity index (χ0) is 25.1. The highest BCUT2D eigenvalue weighted by atomic mass is 35.5. The minimum Gasteiger partial charge on any atom is -0.473 e. The van der Waals surface area contributed by atoms with E-state index in [9.17, 15) is 9.59 Å². The van der Waals surface area contributed by atoms with Gasteiger partial charge in [-0.1, -0.05) is 23.7 Å². The third kappa shape index (κ3) is 8.03. The molecule has 2 aromatic heterocycles. The number of carboxylic acids is 2. The number of ether oxygens (including phenoxy) is 1. The van der Waals surface area contributed by atoms with Crippen molar-refractivity contribution in [3.05, 3.63) is 64.4 Å². The van der Waals surface area contributed by atoms with Gasteiger partial charge in [0, 0.05) is 16.0 Å². The first-order valence-electron chi connectivity index (χ1n) is 9.76. The molecule has 0 atom stereocenters. The van der Waals surface area contributed by atoms with Gasteiger partial charge in [-0.3, -0.25) is 4.79 Å². The van der Waals surface area contributed by atoms with Crippen LogP contribution in [0.4, 0.5) is 5.00 Å². The number of hydrogen-bond acceptors (Lipinski definition) is 8. The van der Waals surface area contributed by atoms with Crippen LogP contribution in [0.2, 0.25) is 5.02 Å². The minimum atomic E-state index is -1.82. The number of nitrogens with one attached hydrogen (secondary N) is 2. The van der Waals surface area contributed by atoms with Gasteiger partial charge in [0.05, 0.1) is 26.0 Å². The number of benzene rings is 1. The smallest absolute Gasteiger partial charge is 0.414 e. The number of carbonyl (C=O) groups excluding carboxylic acids is 2. The van der Waals surface area contributed by atoms with Gasteiger partial charge in [-0.15, -0.1) is 11.3 Å². The summed E-state index contributed by atoms with van der Waals surface area (Å²) in [5.41, 5.74) is 1.85. The highest BCUT2D eigenvalue weighted by Crippen LogP contribution is 2.36. The lowest BCUT2D eigenvalue weighted by Crippen LogP contribution is -2.28. The van der Waals surface area contributed by atoms with Crippen molar-refractivity contribution in [2.24, 2.45) is 0 Å². The van der Waals surface area contributed by atoms with E-state index in [0.29, 0.717) is 27.7 Å². The molecule has 34 heavy (non-hydrogen) atoms. The van der Waals surface area contributed by atoms with Gasteiger partial charge < -0.3 is 30.0 Å². The highest BCUT2D eigenvalue weighted by molar-refractivity contribution is 7.15. The lowest BCUT2D eigenvalue weighted by Gasteiger charge is -2.09. The molecule has 12 heteroatoms. The zero-order valence-electron chi connectivity index (χ0n) is 17.9. The van der Waals surface area contributed by atoms with E-state index in [4.69, 9.17) is 40.6 Å². The number of anilines is 1. The van der Waals surface area contributed by atoms with Crippen LogP contribution in [0.1, 0.15) is 23.0 Å². The molecule has 0 radical (unpaired) electrons. The van der Waals surface area contributed by atoms with Crippen molar-refractivity contribution in [2.45, 2.75) is 13.5 Å². The van der Waals surface area contributed by atoms with Crippen molar-refractivity contribution < 1.29 is 38.5 Å². The first kappa shape index (κ1) is 26.6. The van der Waals surface area contributed by atoms with E-state index in [-0.39, 0.29) is 19.1 Å². The highest BCUT2D eigenvalue weighted by Gasteiger charge is 2.22. The van der Waals surface area contributed by atoms with Crippen LogP contribution in [0.25, 0.3) is 11.1 Å². The maximum atomic E-state index is 12.5. The third-order valence-corrected chi connectivity index (χ3v) is 5.17. The van der Waals surface area contributed by atoms with Gasteiger partial charge in [0.25, 0.3) is 0 Å². The van der Waals surface area contributed by atoms with Crippen molar-refractivity contribution >= 4 is 51.8 Å². The van der Waals surface area contributed by atoms with Crippen LogP contribution in [0.3, 0.4) is 0 Å². The van der Waals surface area contributed by atoms with Gasteiger partial charge in [0.1, 0.15) is 16.3 Å². The maximum absolute atomic E-state index is 12.5. The number of rotatable bonds is 8. The molecule has 180 valence electrons. The Morgan fingerprint density at radius 1 is 1.09 bits per heavy atom. The quantitative estimate of drug-likeness (QED) is 0.263. The molecule has 0 aliphatic rings. The molecular formula is C22H21ClN2O8S. The van der Waals surface area contributed by atoms with Crippen molar-refractivity contribution in [3.63, 3.8) is 0 Å². The first-order chi connectivity index (χ1) is 16.2. The second kappa shape index (κ2) is 13.1. The van der Waals surface area contributed by atoms with Crippen LogP contribution in [0.15, 0.2) is 52.5 Å². The molecule has 0 fully saturated rings. The molecule has 4 N–H and O–H groups in total. The van der Waals surface area contributed by atoms with E-state index in [0.717, 1.165) is 11.3 Å². The normalized spacial score (nSPS) is 10.1. The molecule has 10 nitrogen and oxygen atoms in total. The predicted molar refractivity (Wildman–Crippen MR) is 125 cm³/mol. The largest absolute Gasteiger partial charge is 0.473 e. The molecule has 0 bridgehead atoms. The molecule has 0 aliphatic heterocycles. The average Bonchev–Trinajstić information content (AvgIpc) is 3.45. The summed E-state index contributed by atoms with van der Waals surface area (Å²) >= 11 is 7.23. The van der Waals surface area contributed by atoms with Crippen molar-refractivity contribution in [1.29, 1.82) is 0 Å². The van der Waals surface area contributed by atoms with Crippen molar-refractivity contribution in [2.75, 3.05) is 18.5 Å². The fourth-order valence-electron chi connectivity index (χ4n) is 2.58. The molecule has 0 spiro atoms. The fourth-order valence-corrected chi connectivity index (χ4v) is 3.68. The number of amides is 1. The van der Waals surface area contributed by atoms with Gasteiger partial charge in [-0.2, -0.15) is 0 Å². The van der Waals surface area contributed by atoms with Crippen LogP contribution in [0.5, 0.6) is 0 Å². The van der Waals surface area contributed by atoms with Crippen LogP contribution < -0.4 is 10.6 Å². The number of esters is 1. The van der Waals surface area contributed by atoms with E-state index in [1.165, 1.54) is 11.3 Å². The number of hydrogen-bond donors (Lipinski definition) is 4. The number of carboxylic acid groups (broad SMARTS) is 2. The lowest BCUT2D eigenvalue weighted by molar-refractivity contribution is -0.159. The van der Waals surface area contributed by atoms with E-state index in [2.05, 4.69) is 10.6 Å². The Bertz CT molecular complexity index is 1110. The van der Waals surface area contributed by atoms with Gasteiger partial charge >= 0.3 is 17.9 Å². The number of halogens is 1. The van der Waals surface area contributed by atoms with Crippen LogP contribution in [-0.2, 0) is 25.7 Å². The summed E-state index contributed by atoms with van der Waals surface area (Å²) in [6.07, 6.45) is 1.58. The Balaban J connectivity index is 0.000000604. The van der Waals surface area contributed by atoms with E-state index in [1.54, 1.807) is 31.4 Å². The molecule has 0 saturated carbocycles. The van der Waals surface area contributed by atoms with Gasteiger partial charge in [-0.05, 0) is 36.8 Å². The van der Waals surface area contributed by atoms with E-state index in [1.807, 2.05) is 23.6 Å². The standard InChI is InChI=1S/C20H19ClN2O4S.C2H2O4/c1-2-26-20(25)18-16(13-5-7-14(21)8-6-13)12-28-19(18)23-17(24)11-22-10-15-4-3-9-27-15;3-1(4)2(5)6/h3-9,12,22H,2,10-11H2,1H3,(H,23,24);(H,3,4)(H,5,6). The monoisotopic (exact) mass is 508 g/mol. The average molecular weight is 509 g/mol. The Morgan fingerprint density at radius 3 is 2.32 bits per heavy atom. The Morgan fingerprint density at radius 2 is 1.76 bits per heavy atom. The topological polar surface area (TPSA) is 155 Å². The maximum Gasteiger partial charge on any atom is 0.414 e. The second-order valence-corrected chi connectivity index (χ2v) is 7.74. The summed E-state index contributed by atoms with van der Waals surface area (Å²) in [6, 6.07) is 10.8. The summed E-state index contributed by atoms with van der Waals surface area (Å²) in [5, 5.41) is 23.4. The van der Waals surface area contributed by atoms with Crippen molar-refractivity contribution in [3.8, 4) is 11.1 Å². The van der Waals surface area contributed by atoms with E-state index >= 15 is 0 Å². The first-order valence-corrected chi connectivity index (χ1v) is 11.0. The molecule has 1 aromatic carbocycles. The number of aliphatic carboxylic acids is 2. The molecule has 0 saturated heterocycles. The third-order valence-electron chi connectivity index (χ3n) is 4.03. The molecule has 0 aliphatic carbocycles. The second-order valence-electron chi connectivity index (χ2n) is 6.42. The zero-order valence-corrected chi connectivity index (χ0v) is 19.4. The SMILES string of the molecule is CCOC(=O)c1c(-c2ccc(Cl)cc2)csc1NC(=O)CNCc1ccco1.O=C(O)C(=O)O. The van der Waals surface area contributed by atoms with Gasteiger partial charge in [0.2, 0.25) is 5.91 Å². The van der Waals surface area contributed by atoms with Crippen molar-refractivity contribution in [1.82, 2.24) is 5.32 Å². The molecular weight excluding hydrogens is 488 g/mol. The van der Waals surface area contributed by atoms with Crippen LogP contribution >= 0.6 is 22.9 Å². The number of thiophene rings is 1. The summed E-state index contributed by atoms with van der Waals surface area (Å²) < 4.78 is 10.4. The molecule has 2 heterocycles. The summed E-state index contributed by atoms with van der Waals surface area (Å²) in [5.74, 6) is -3.65. The lowest BCUT2D eigenvalue weighted by atomic mass is 10.0. The number of furan rings is 1. The Labute approximate surface area is 203 Å². The summed E-state index contributed by atoms with van der Waals surface area (Å²) in [4.78, 5) is 43.0. The summed E-state index contributed by atoms with van der Waals surface area (Å²) in [6.45, 7) is 2.50. The van der Waals surface area contributed by atoms with Crippen LogP contribution in [0, 0.1) is 0 Å². The molecule has 0 unspecified atom stereocenters. The molecule has 3 aromatic rings.